The number of carbonyl (C=O) groups excluding carboxylic acids is 1. The second-order valence-corrected chi connectivity index (χ2v) is 7.89. The molecule has 1 saturated carbocycles. The van der Waals surface area contributed by atoms with Crippen LogP contribution in [0.5, 0.6) is 0 Å². The van der Waals surface area contributed by atoms with Gasteiger partial charge in [-0.1, -0.05) is 36.8 Å². The molecule has 0 spiro atoms. The Bertz CT molecular complexity index is 513. The topological polar surface area (TPSA) is 38.3 Å². The van der Waals surface area contributed by atoms with Crippen molar-refractivity contribution in [1.29, 1.82) is 0 Å². The summed E-state index contributed by atoms with van der Waals surface area (Å²) in [6.07, 6.45) is 8.46. The SMILES string of the molecule is CS[C@H]1CCC[C@H](NC(=O)C2(c3ccccc3)CCOCC2)C1. The summed E-state index contributed by atoms with van der Waals surface area (Å²) in [5.41, 5.74) is 0.726. The smallest absolute Gasteiger partial charge is 0.231 e. The third-order valence-electron chi connectivity index (χ3n) is 5.40. The number of nitrogens with one attached hydrogen (secondary N) is 1. The highest BCUT2D eigenvalue weighted by atomic mass is 32.2. The molecule has 4 heteroatoms. The molecule has 1 aromatic rings. The van der Waals surface area contributed by atoms with E-state index in [4.69, 9.17) is 4.74 Å². The van der Waals surface area contributed by atoms with Crippen molar-refractivity contribution in [2.24, 2.45) is 0 Å². The van der Waals surface area contributed by atoms with Crippen molar-refractivity contribution in [2.75, 3.05) is 19.5 Å². The van der Waals surface area contributed by atoms with Gasteiger partial charge in [0.25, 0.3) is 0 Å². The molecule has 1 N–H and O–H groups in total. The fraction of sp³-hybridized carbons (Fsp3) is 0.632. The van der Waals surface area contributed by atoms with Crippen LogP contribution in [0.3, 0.4) is 0 Å². The number of hydrogen-bond donors (Lipinski definition) is 1. The van der Waals surface area contributed by atoms with E-state index in [1.54, 1.807) is 0 Å². The molecule has 126 valence electrons. The number of amides is 1. The lowest BCUT2D eigenvalue weighted by Crippen LogP contribution is -2.52. The number of thioether (sulfide) groups is 1. The maximum absolute atomic E-state index is 13.2. The van der Waals surface area contributed by atoms with E-state index in [2.05, 4.69) is 23.7 Å². The van der Waals surface area contributed by atoms with E-state index in [0.29, 0.717) is 24.5 Å². The van der Waals surface area contributed by atoms with Crippen molar-refractivity contribution >= 4 is 17.7 Å². The number of rotatable bonds is 4. The van der Waals surface area contributed by atoms with Crippen molar-refractivity contribution in [2.45, 2.75) is 55.2 Å². The molecule has 0 radical (unpaired) electrons. The molecule has 0 aromatic heterocycles. The van der Waals surface area contributed by atoms with E-state index in [1.807, 2.05) is 30.0 Å². The predicted octanol–water partition coefficient (Wildman–Crippen LogP) is 3.53. The summed E-state index contributed by atoms with van der Waals surface area (Å²) in [4.78, 5) is 13.2. The molecule has 1 saturated heterocycles. The summed E-state index contributed by atoms with van der Waals surface area (Å²) in [6, 6.07) is 10.6. The Kier molecular flexibility index (Phi) is 5.65. The average Bonchev–Trinajstić information content (AvgIpc) is 2.63. The maximum Gasteiger partial charge on any atom is 0.231 e. The second-order valence-electron chi connectivity index (χ2n) is 6.76. The van der Waals surface area contributed by atoms with Gasteiger partial charge in [0.1, 0.15) is 0 Å². The van der Waals surface area contributed by atoms with Crippen LogP contribution in [0.15, 0.2) is 30.3 Å². The Morgan fingerprint density at radius 1 is 1.22 bits per heavy atom. The van der Waals surface area contributed by atoms with Crippen LogP contribution in [0.2, 0.25) is 0 Å². The minimum absolute atomic E-state index is 0.207. The van der Waals surface area contributed by atoms with Gasteiger partial charge in [0.15, 0.2) is 0 Å². The molecule has 2 atom stereocenters. The first-order valence-corrected chi connectivity index (χ1v) is 10.0. The summed E-state index contributed by atoms with van der Waals surface area (Å²) >= 11 is 1.94. The van der Waals surface area contributed by atoms with Crippen LogP contribution in [0, 0.1) is 0 Å². The summed E-state index contributed by atoms with van der Waals surface area (Å²) in [7, 11) is 0. The summed E-state index contributed by atoms with van der Waals surface area (Å²) in [6.45, 7) is 1.33. The van der Waals surface area contributed by atoms with Crippen LogP contribution >= 0.6 is 11.8 Å². The van der Waals surface area contributed by atoms with E-state index < -0.39 is 5.41 Å². The van der Waals surface area contributed by atoms with Crippen LogP contribution in [-0.4, -0.2) is 36.7 Å². The van der Waals surface area contributed by atoms with Crippen molar-refractivity contribution in [3.8, 4) is 0 Å². The van der Waals surface area contributed by atoms with E-state index in [-0.39, 0.29) is 5.91 Å². The van der Waals surface area contributed by atoms with Crippen LogP contribution in [0.1, 0.15) is 44.1 Å². The number of hydrogen-bond acceptors (Lipinski definition) is 3. The van der Waals surface area contributed by atoms with Gasteiger partial charge in [0.05, 0.1) is 5.41 Å². The standard InChI is InChI=1S/C19H27NO2S/c1-23-17-9-5-8-16(14-17)20-18(21)19(10-12-22-13-11-19)15-6-3-2-4-7-15/h2-4,6-7,16-17H,5,8-14H2,1H3,(H,20,21)/t16-,17-/m0/s1. The first-order chi connectivity index (χ1) is 11.2. The van der Waals surface area contributed by atoms with Gasteiger partial charge in [-0.05, 0) is 43.9 Å². The second kappa shape index (κ2) is 7.71. The van der Waals surface area contributed by atoms with Crippen LogP contribution in [0.4, 0.5) is 0 Å². The molecule has 0 bridgehead atoms. The summed E-state index contributed by atoms with van der Waals surface area (Å²) in [5, 5.41) is 4.08. The third-order valence-corrected chi connectivity index (χ3v) is 6.50. The summed E-state index contributed by atoms with van der Waals surface area (Å²) in [5.74, 6) is 0.207. The largest absolute Gasteiger partial charge is 0.381 e. The fourth-order valence-corrected chi connectivity index (χ4v) is 4.76. The van der Waals surface area contributed by atoms with Crippen molar-refractivity contribution < 1.29 is 9.53 Å². The Morgan fingerprint density at radius 2 is 1.96 bits per heavy atom. The molecule has 0 unspecified atom stereocenters. The molecule has 1 amide bonds. The van der Waals surface area contributed by atoms with Gasteiger partial charge in [0.2, 0.25) is 5.91 Å². The van der Waals surface area contributed by atoms with E-state index in [1.165, 1.54) is 12.8 Å². The highest BCUT2D eigenvalue weighted by molar-refractivity contribution is 7.99. The molecule has 3 rings (SSSR count). The normalized spacial score (nSPS) is 27.3. The highest BCUT2D eigenvalue weighted by Gasteiger charge is 2.42. The Balaban J connectivity index is 1.76. The quantitative estimate of drug-likeness (QED) is 0.916. The zero-order valence-electron chi connectivity index (χ0n) is 13.9. The average molecular weight is 333 g/mol. The number of benzene rings is 1. The molecule has 1 heterocycles. The minimum atomic E-state index is -0.411. The van der Waals surface area contributed by atoms with Gasteiger partial charge in [-0.15, -0.1) is 0 Å². The van der Waals surface area contributed by atoms with Crippen molar-refractivity contribution in [3.63, 3.8) is 0 Å². The molecule has 3 nitrogen and oxygen atoms in total. The predicted molar refractivity (Wildman–Crippen MR) is 95.9 cm³/mol. The maximum atomic E-state index is 13.2. The fourth-order valence-electron chi connectivity index (χ4n) is 3.94. The molecule has 2 fully saturated rings. The van der Waals surface area contributed by atoms with Crippen LogP contribution in [0.25, 0.3) is 0 Å². The number of carbonyl (C=O) groups is 1. The highest BCUT2D eigenvalue weighted by Crippen LogP contribution is 2.36. The monoisotopic (exact) mass is 333 g/mol. The van der Waals surface area contributed by atoms with Gasteiger partial charge >= 0.3 is 0 Å². The molecular formula is C19H27NO2S. The van der Waals surface area contributed by atoms with E-state index in [9.17, 15) is 4.79 Å². The Hall–Kier alpha value is -1.00. The van der Waals surface area contributed by atoms with Crippen molar-refractivity contribution in [3.05, 3.63) is 35.9 Å². The minimum Gasteiger partial charge on any atom is -0.381 e. The first kappa shape index (κ1) is 16.8. The van der Waals surface area contributed by atoms with E-state index in [0.717, 1.165) is 31.2 Å². The number of ether oxygens (including phenoxy) is 1. The van der Waals surface area contributed by atoms with E-state index >= 15 is 0 Å². The lowest BCUT2D eigenvalue weighted by molar-refractivity contribution is -0.131. The van der Waals surface area contributed by atoms with Gasteiger partial charge in [-0.2, -0.15) is 11.8 Å². The zero-order valence-corrected chi connectivity index (χ0v) is 14.7. The third kappa shape index (κ3) is 3.74. The molecule has 23 heavy (non-hydrogen) atoms. The Morgan fingerprint density at radius 3 is 2.65 bits per heavy atom. The zero-order chi connectivity index (χ0) is 16.1. The molecule has 1 aliphatic heterocycles. The molecule has 2 aliphatic rings. The molecular weight excluding hydrogens is 306 g/mol. The van der Waals surface area contributed by atoms with Crippen molar-refractivity contribution in [1.82, 2.24) is 5.32 Å². The van der Waals surface area contributed by atoms with Gasteiger partial charge in [-0.25, -0.2) is 0 Å². The molecule has 1 aliphatic carbocycles. The Labute approximate surface area is 143 Å². The summed E-state index contributed by atoms with van der Waals surface area (Å²) < 4.78 is 5.54. The van der Waals surface area contributed by atoms with Gasteiger partial charge in [-0.3, -0.25) is 4.79 Å². The molecule has 1 aromatic carbocycles. The first-order valence-electron chi connectivity index (χ1n) is 8.71. The lowest BCUT2D eigenvalue weighted by Gasteiger charge is -2.38. The lowest BCUT2D eigenvalue weighted by atomic mass is 9.73. The van der Waals surface area contributed by atoms with Crippen LogP contribution in [-0.2, 0) is 14.9 Å². The van der Waals surface area contributed by atoms with Gasteiger partial charge in [0, 0.05) is 24.5 Å². The van der Waals surface area contributed by atoms with Gasteiger partial charge < -0.3 is 10.1 Å². The van der Waals surface area contributed by atoms with Crippen LogP contribution < -0.4 is 5.32 Å².